The van der Waals surface area contributed by atoms with E-state index in [4.69, 9.17) is 5.11 Å². The number of hydrogen-bond acceptors (Lipinski definition) is 3. The van der Waals surface area contributed by atoms with Gasteiger partial charge in [-0.2, -0.15) is 0 Å². The molecule has 6 nitrogen and oxygen atoms in total. The number of benzene rings is 1. The standard InChI is InChI=1S/C14H18N2O4/c1-10(9-13(18)19)8-12(17)15-14(20)16(2)11-6-4-3-5-7-11/h3-7,10H,8-9H2,1-2H3,(H,18,19)(H,15,17,20). The monoisotopic (exact) mass is 278 g/mol. The van der Waals surface area contributed by atoms with E-state index >= 15 is 0 Å². The van der Waals surface area contributed by atoms with E-state index in [0.29, 0.717) is 5.69 Å². The lowest BCUT2D eigenvalue weighted by Crippen LogP contribution is -2.41. The van der Waals surface area contributed by atoms with Crippen molar-refractivity contribution in [2.45, 2.75) is 19.8 Å². The van der Waals surface area contributed by atoms with E-state index in [1.54, 1.807) is 38.2 Å². The normalized spacial score (nSPS) is 11.5. The third-order valence-electron chi connectivity index (χ3n) is 2.75. The van der Waals surface area contributed by atoms with Crippen molar-refractivity contribution in [3.8, 4) is 0 Å². The van der Waals surface area contributed by atoms with E-state index in [1.807, 2.05) is 6.07 Å². The summed E-state index contributed by atoms with van der Waals surface area (Å²) in [4.78, 5) is 35.3. The molecule has 1 aromatic carbocycles. The van der Waals surface area contributed by atoms with Crippen molar-refractivity contribution >= 4 is 23.6 Å². The second-order valence-electron chi connectivity index (χ2n) is 4.66. The average Bonchev–Trinajstić information content (AvgIpc) is 2.37. The molecular formula is C14H18N2O4. The predicted octanol–water partition coefficient (Wildman–Crippen LogP) is 1.86. The van der Waals surface area contributed by atoms with Gasteiger partial charge in [-0.05, 0) is 18.1 Å². The van der Waals surface area contributed by atoms with Crippen LogP contribution in [0.15, 0.2) is 30.3 Å². The number of carboxylic acid groups (broad SMARTS) is 1. The number of anilines is 1. The molecule has 0 fully saturated rings. The summed E-state index contributed by atoms with van der Waals surface area (Å²) in [5, 5.41) is 10.8. The number of nitrogens with zero attached hydrogens (tertiary/aromatic N) is 1. The lowest BCUT2D eigenvalue weighted by atomic mass is 10.0. The zero-order valence-corrected chi connectivity index (χ0v) is 11.5. The highest BCUT2D eigenvalue weighted by Crippen LogP contribution is 2.11. The van der Waals surface area contributed by atoms with Crippen LogP contribution in [0, 0.1) is 5.92 Å². The molecule has 0 aliphatic carbocycles. The molecular weight excluding hydrogens is 260 g/mol. The summed E-state index contributed by atoms with van der Waals surface area (Å²) < 4.78 is 0. The Labute approximate surface area is 117 Å². The summed E-state index contributed by atoms with van der Waals surface area (Å²) in [6.07, 6.45) is -0.100. The number of nitrogens with one attached hydrogen (secondary N) is 1. The SMILES string of the molecule is CC(CC(=O)O)CC(=O)NC(=O)N(C)c1ccccc1. The highest BCUT2D eigenvalue weighted by Gasteiger charge is 2.17. The quantitative estimate of drug-likeness (QED) is 0.860. The van der Waals surface area contributed by atoms with Crippen molar-refractivity contribution in [1.29, 1.82) is 0 Å². The van der Waals surface area contributed by atoms with Gasteiger partial charge in [0, 0.05) is 25.6 Å². The first-order chi connectivity index (χ1) is 9.40. The van der Waals surface area contributed by atoms with Crippen LogP contribution >= 0.6 is 0 Å². The number of rotatable bonds is 5. The van der Waals surface area contributed by atoms with Gasteiger partial charge in [-0.1, -0.05) is 25.1 Å². The molecule has 1 atom stereocenters. The van der Waals surface area contributed by atoms with Crippen LogP contribution < -0.4 is 10.2 Å². The Balaban J connectivity index is 2.49. The summed E-state index contributed by atoms with van der Waals surface area (Å²) in [5.41, 5.74) is 0.663. The van der Waals surface area contributed by atoms with Crippen LogP contribution in [0.3, 0.4) is 0 Å². The third-order valence-corrected chi connectivity index (χ3v) is 2.75. The second kappa shape index (κ2) is 7.28. The molecule has 0 saturated heterocycles. The summed E-state index contributed by atoms with van der Waals surface area (Å²) >= 11 is 0. The van der Waals surface area contributed by atoms with Crippen molar-refractivity contribution in [3.63, 3.8) is 0 Å². The number of urea groups is 1. The molecule has 3 amide bonds. The van der Waals surface area contributed by atoms with Crippen molar-refractivity contribution in [2.24, 2.45) is 5.92 Å². The van der Waals surface area contributed by atoms with Crippen molar-refractivity contribution in [3.05, 3.63) is 30.3 Å². The van der Waals surface area contributed by atoms with Gasteiger partial charge in [-0.3, -0.25) is 19.8 Å². The van der Waals surface area contributed by atoms with E-state index in [1.165, 1.54) is 4.90 Å². The zero-order chi connectivity index (χ0) is 15.1. The maximum Gasteiger partial charge on any atom is 0.328 e. The molecule has 0 aliphatic rings. The van der Waals surface area contributed by atoms with Crippen LogP contribution in [-0.2, 0) is 9.59 Å². The Bertz CT molecular complexity index is 487. The molecule has 1 rings (SSSR count). The van der Waals surface area contributed by atoms with Crippen LogP contribution in [0.25, 0.3) is 0 Å². The number of hydrogen-bond donors (Lipinski definition) is 2. The van der Waals surface area contributed by atoms with E-state index in [9.17, 15) is 14.4 Å². The highest BCUT2D eigenvalue weighted by molar-refractivity contribution is 6.02. The minimum absolute atomic E-state index is 0.000664. The van der Waals surface area contributed by atoms with E-state index in [-0.39, 0.29) is 18.8 Å². The Morgan fingerprint density at radius 3 is 2.35 bits per heavy atom. The van der Waals surface area contributed by atoms with Gasteiger partial charge in [0.05, 0.1) is 0 Å². The molecule has 0 aliphatic heterocycles. The first kappa shape index (κ1) is 15.7. The molecule has 108 valence electrons. The molecule has 0 saturated carbocycles. The van der Waals surface area contributed by atoms with Crippen LogP contribution in [0.1, 0.15) is 19.8 Å². The molecule has 0 radical (unpaired) electrons. The summed E-state index contributed by atoms with van der Waals surface area (Å²) in [7, 11) is 1.55. The molecule has 2 N–H and O–H groups in total. The Hall–Kier alpha value is -2.37. The molecule has 0 aromatic heterocycles. The maximum absolute atomic E-state index is 11.8. The third kappa shape index (κ3) is 5.09. The van der Waals surface area contributed by atoms with E-state index in [0.717, 1.165) is 0 Å². The van der Waals surface area contributed by atoms with Gasteiger partial charge >= 0.3 is 12.0 Å². The van der Waals surface area contributed by atoms with Crippen LogP contribution in [0.4, 0.5) is 10.5 Å². The summed E-state index contributed by atoms with van der Waals surface area (Å²) in [6, 6.07) is 8.36. The number of para-hydroxylation sites is 1. The average molecular weight is 278 g/mol. The van der Waals surface area contributed by atoms with Crippen LogP contribution in [-0.4, -0.2) is 30.1 Å². The van der Waals surface area contributed by atoms with Gasteiger partial charge in [0.1, 0.15) is 0 Å². The highest BCUT2D eigenvalue weighted by atomic mass is 16.4. The fraction of sp³-hybridized carbons (Fsp3) is 0.357. The minimum atomic E-state index is -0.960. The largest absolute Gasteiger partial charge is 0.481 e. The fourth-order valence-electron chi connectivity index (χ4n) is 1.71. The molecule has 0 spiro atoms. The number of amides is 3. The number of carboxylic acids is 1. The first-order valence-corrected chi connectivity index (χ1v) is 6.24. The van der Waals surface area contributed by atoms with Crippen LogP contribution in [0.2, 0.25) is 0 Å². The number of aliphatic carboxylic acids is 1. The van der Waals surface area contributed by atoms with Gasteiger partial charge < -0.3 is 5.11 Å². The molecule has 20 heavy (non-hydrogen) atoms. The zero-order valence-electron chi connectivity index (χ0n) is 11.5. The first-order valence-electron chi connectivity index (χ1n) is 6.24. The molecule has 0 bridgehead atoms. The molecule has 1 unspecified atom stereocenters. The molecule has 0 heterocycles. The van der Waals surface area contributed by atoms with Crippen LogP contribution in [0.5, 0.6) is 0 Å². The molecule has 1 aromatic rings. The Kier molecular flexibility index (Phi) is 5.71. The Morgan fingerprint density at radius 1 is 1.20 bits per heavy atom. The Morgan fingerprint density at radius 2 is 1.80 bits per heavy atom. The van der Waals surface area contributed by atoms with Crippen molar-refractivity contribution in [1.82, 2.24) is 5.32 Å². The van der Waals surface area contributed by atoms with Crippen molar-refractivity contribution in [2.75, 3.05) is 11.9 Å². The second-order valence-corrected chi connectivity index (χ2v) is 4.66. The van der Waals surface area contributed by atoms with Gasteiger partial charge in [0.2, 0.25) is 5.91 Å². The van der Waals surface area contributed by atoms with Gasteiger partial charge in [0.15, 0.2) is 0 Å². The molecule has 6 heteroatoms. The maximum atomic E-state index is 11.8. The lowest BCUT2D eigenvalue weighted by molar-refractivity contribution is -0.138. The van der Waals surface area contributed by atoms with E-state index < -0.39 is 17.9 Å². The minimum Gasteiger partial charge on any atom is -0.481 e. The number of carbonyl (C=O) groups excluding carboxylic acids is 2. The topological polar surface area (TPSA) is 86.7 Å². The van der Waals surface area contributed by atoms with Gasteiger partial charge in [-0.25, -0.2) is 4.79 Å². The smallest absolute Gasteiger partial charge is 0.328 e. The predicted molar refractivity (Wildman–Crippen MR) is 74.4 cm³/mol. The summed E-state index contributed by atoms with van der Waals surface area (Å²) in [6.45, 7) is 1.65. The van der Waals surface area contributed by atoms with Crippen molar-refractivity contribution < 1.29 is 19.5 Å². The summed E-state index contributed by atoms with van der Waals surface area (Å²) in [5.74, 6) is -1.76. The fourth-order valence-corrected chi connectivity index (χ4v) is 1.71. The number of imide groups is 1. The van der Waals surface area contributed by atoms with Gasteiger partial charge in [-0.15, -0.1) is 0 Å². The number of carbonyl (C=O) groups is 3. The van der Waals surface area contributed by atoms with Gasteiger partial charge in [0.25, 0.3) is 0 Å². The lowest BCUT2D eigenvalue weighted by Gasteiger charge is -2.17. The van der Waals surface area contributed by atoms with E-state index in [2.05, 4.69) is 5.32 Å².